The molecule has 0 saturated heterocycles. The molecule has 0 spiro atoms. The van der Waals surface area contributed by atoms with Gasteiger partial charge in [0.2, 0.25) is 5.88 Å². The predicted molar refractivity (Wildman–Crippen MR) is 153 cm³/mol. The molecule has 39 heavy (non-hydrogen) atoms. The number of amides is 1. The summed E-state index contributed by atoms with van der Waals surface area (Å²) in [5.41, 5.74) is 12.9. The lowest BCUT2D eigenvalue weighted by Gasteiger charge is -2.11. The van der Waals surface area contributed by atoms with Crippen LogP contribution in [0.2, 0.25) is 0 Å². The number of pyridine rings is 2. The van der Waals surface area contributed by atoms with Gasteiger partial charge in [0, 0.05) is 57.2 Å². The maximum Gasteiger partial charge on any atom is 0.251 e. The first kappa shape index (κ1) is 23.5. The quantitative estimate of drug-likeness (QED) is 0.233. The van der Waals surface area contributed by atoms with Gasteiger partial charge in [0.15, 0.2) is 0 Å². The van der Waals surface area contributed by atoms with E-state index in [2.05, 4.69) is 33.5 Å². The molecule has 2 aromatic carbocycles. The van der Waals surface area contributed by atoms with Gasteiger partial charge in [0.25, 0.3) is 5.91 Å². The number of carbonyl (C=O) groups is 1. The Balaban J connectivity index is 1.16. The molecule has 0 aliphatic heterocycles. The second-order valence-electron chi connectivity index (χ2n) is 10.5. The fraction of sp³-hybridized carbons (Fsp3) is 0.219. The van der Waals surface area contributed by atoms with Crippen molar-refractivity contribution in [3.05, 3.63) is 83.2 Å². The largest absolute Gasteiger partial charge is 0.477 e. The van der Waals surface area contributed by atoms with Crippen LogP contribution >= 0.6 is 0 Å². The maximum atomic E-state index is 13.1. The second-order valence-corrected chi connectivity index (χ2v) is 10.5. The van der Waals surface area contributed by atoms with Crippen molar-refractivity contribution >= 4 is 44.4 Å². The van der Waals surface area contributed by atoms with E-state index in [0.717, 1.165) is 67.3 Å². The fourth-order valence-electron chi connectivity index (χ4n) is 5.34. The lowest BCUT2D eigenvalue weighted by Crippen LogP contribution is -2.24. The molecule has 0 radical (unpaired) electrons. The van der Waals surface area contributed by atoms with E-state index in [0.29, 0.717) is 29.7 Å². The van der Waals surface area contributed by atoms with Gasteiger partial charge in [-0.15, -0.1) is 0 Å². The van der Waals surface area contributed by atoms with Gasteiger partial charge in [0.1, 0.15) is 17.0 Å². The van der Waals surface area contributed by atoms with Crippen molar-refractivity contribution in [2.24, 2.45) is 5.92 Å². The Kier molecular flexibility index (Phi) is 5.40. The molecule has 3 N–H and O–H groups in total. The number of nitrogens with zero attached hydrogens (tertiary/aromatic N) is 2. The van der Waals surface area contributed by atoms with E-state index in [4.69, 9.17) is 14.9 Å². The molecular weight excluding hydrogens is 488 g/mol. The highest BCUT2D eigenvalue weighted by molar-refractivity contribution is 6.26. The Morgan fingerprint density at radius 1 is 0.974 bits per heavy atom. The van der Waals surface area contributed by atoms with Gasteiger partial charge in [-0.2, -0.15) is 0 Å². The molecule has 1 amide bonds. The summed E-state index contributed by atoms with van der Waals surface area (Å²) in [6, 6.07) is 17.8. The van der Waals surface area contributed by atoms with E-state index >= 15 is 0 Å². The summed E-state index contributed by atoms with van der Waals surface area (Å²) < 4.78 is 12.0. The maximum absolute atomic E-state index is 13.1. The van der Waals surface area contributed by atoms with Crippen LogP contribution in [0.1, 0.15) is 40.0 Å². The zero-order valence-corrected chi connectivity index (χ0v) is 21.9. The van der Waals surface area contributed by atoms with Gasteiger partial charge in [-0.3, -0.25) is 4.79 Å². The van der Waals surface area contributed by atoms with Crippen molar-refractivity contribution in [1.29, 1.82) is 0 Å². The van der Waals surface area contributed by atoms with Crippen molar-refractivity contribution in [2.75, 3.05) is 12.3 Å². The third-order valence-electron chi connectivity index (χ3n) is 7.72. The highest BCUT2D eigenvalue weighted by Gasteiger charge is 2.22. The summed E-state index contributed by atoms with van der Waals surface area (Å²) >= 11 is 0. The SMILES string of the molecule is Cc1cc(N)nc(C)c1CNC(=O)c1ccc2c(c1)c1oc2c2ccc(-c3ccc(OCC4CC4)nc3)cc21. The first-order valence-corrected chi connectivity index (χ1v) is 13.3. The molecule has 4 aromatic heterocycles. The van der Waals surface area contributed by atoms with Crippen molar-refractivity contribution in [3.63, 3.8) is 0 Å². The van der Waals surface area contributed by atoms with E-state index in [1.54, 1.807) is 0 Å². The molecule has 0 unspecified atom stereocenters. The molecule has 7 heteroatoms. The van der Waals surface area contributed by atoms with Crippen molar-refractivity contribution in [2.45, 2.75) is 33.2 Å². The Hall–Kier alpha value is -4.65. The summed E-state index contributed by atoms with van der Waals surface area (Å²) in [5.74, 6) is 1.69. The van der Waals surface area contributed by atoms with E-state index in [1.807, 2.05) is 56.4 Å². The summed E-state index contributed by atoms with van der Waals surface area (Å²) in [5, 5.41) is 7.07. The van der Waals surface area contributed by atoms with Crippen LogP contribution in [-0.4, -0.2) is 22.5 Å². The van der Waals surface area contributed by atoms with Gasteiger partial charge in [-0.1, -0.05) is 6.07 Å². The van der Waals surface area contributed by atoms with Crippen LogP contribution < -0.4 is 15.8 Å². The molecule has 7 rings (SSSR count). The number of anilines is 1. The number of hydrogen-bond donors (Lipinski definition) is 2. The van der Waals surface area contributed by atoms with Crippen molar-refractivity contribution in [3.8, 4) is 17.0 Å². The van der Waals surface area contributed by atoms with Crippen molar-refractivity contribution < 1.29 is 13.9 Å². The zero-order valence-electron chi connectivity index (χ0n) is 21.9. The Labute approximate surface area is 225 Å². The van der Waals surface area contributed by atoms with Gasteiger partial charge in [0.05, 0.1) is 6.61 Å². The topological polar surface area (TPSA) is 103 Å². The Bertz CT molecular complexity index is 1850. The highest BCUT2D eigenvalue weighted by Crippen LogP contribution is 2.42. The molecular formula is C32H28N4O3. The van der Waals surface area contributed by atoms with Crippen LogP contribution in [0.3, 0.4) is 0 Å². The molecule has 1 aliphatic rings. The standard InChI is InChI=1S/C32H28N4O3/c1-17-11-28(33)36-18(2)27(17)15-35-32(37)21-6-9-24-26(13-21)31-25-12-20(5-8-23(25)30(24)39-31)22-7-10-29(34-14-22)38-16-19-3-4-19/h5-14,19H,3-4,15-16H2,1-2H3,(H2,33,36)(H,35,37). The van der Waals surface area contributed by atoms with Crippen LogP contribution in [0.25, 0.3) is 43.8 Å². The number of benzene rings is 3. The van der Waals surface area contributed by atoms with E-state index in [9.17, 15) is 4.79 Å². The number of ether oxygens (including phenoxy) is 1. The van der Waals surface area contributed by atoms with E-state index in [-0.39, 0.29) is 5.91 Å². The number of carbonyl (C=O) groups excluding carboxylic acids is 1. The average molecular weight is 517 g/mol. The number of fused-ring (bicyclic) bond motifs is 8. The predicted octanol–water partition coefficient (Wildman–Crippen LogP) is 6.55. The van der Waals surface area contributed by atoms with Gasteiger partial charge < -0.3 is 20.2 Å². The molecule has 4 heterocycles. The highest BCUT2D eigenvalue weighted by atomic mass is 16.5. The molecule has 194 valence electrons. The molecule has 1 saturated carbocycles. The Morgan fingerprint density at radius 2 is 1.72 bits per heavy atom. The van der Waals surface area contributed by atoms with Gasteiger partial charge in [-0.05, 0) is 91.8 Å². The average Bonchev–Trinajstić information content (AvgIpc) is 3.60. The number of aryl methyl sites for hydroxylation is 2. The number of nitrogen functional groups attached to an aromatic ring is 1. The number of nitrogens with one attached hydrogen (secondary N) is 1. The lowest BCUT2D eigenvalue weighted by molar-refractivity contribution is 0.0951. The summed E-state index contributed by atoms with van der Waals surface area (Å²) in [7, 11) is 0. The van der Waals surface area contributed by atoms with Gasteiger partial charge >= 0.3 is 0 Å². The number of furan rings is 2. The van der Waals surface area contributed by atoms with Crippen LogP contribution in [0.15, 0.2) is 65.2 Å². The zero-order chi connectivity index (χ0) is 26.7. The monoisotopic (exact) mass is 516 g/mol. The third-order valence-corrected chi connectivity index (χ3v) is 7.72. The molecule has 6 aromatic rings. The van der Waals surface area contributed by atoms with E-state index in [1.165, 1.54) is 12.8 Å². The van der Waals surface area contributed by atoms with Crippen LogP contribution in [0, 0.1) is 19.8 Å². The number of aromatic nitrogens is 2. The van der Waals surface area contributed by atoms with Crippen molar-refractivity contribution in [1.82, 2.24) is 15.3 Å². The summed E-state index contributed by atoms with van der Waals surface area (Å²) in [6.45, 7) is 5.01. The number of hydrogen-bond acceptors (Lipinski definition) is 6. The van der Waals surface area contributed by atoms with E-state index < -0.39 is 0 Å². The first-order chi connectivity index (χ1) is 18.9. The van der Waals surface area contributed by atoms with Crippen LogP contribution in [0.5, 0.6) is 5.88 Å². The fourth-order valence-corrected chi connectivity index (χ4v) is 5.34. The van der Waals surface area contributed by atoms with Crippen LogP contribution in [-0.2, 0) is 6.54 Å². The molecule has 7 nitrogen and oxygen atoms in total. The number of nitrogens with two attached hydrogens (primary N) is 1. The van der Waals surface area contributed by atoms with Gasteiger partial charge in [-0.25, -0.2) is 9.97 Å². The number of rotatable bonds is 7. The first-order valence-electron chi connectivity index (χ1n) is 13.3. The molecule has 1 fully saturated rings. The second kappa shape index (κ2) is 8.98. The smallest absolute Gasteiger partial charge is 0.251 e. The Morgan fingerprint density at radius 3 is 2.46 bits per heavy atom. The minimum Gasteiger partial charge on any atom is -0.477 e. The minimum absolute atomic E-state index is 0.147. The third kappa shape index (κ3) is 4.20. The summed E-state index contributed by atoms with van der Waals surface area (Å²) in [6.07, 6.45) is 4.36. The lowest BCUT2D eigenvalue weighted by atomic mass is 9.98. The minimum atomic E-state index is -0.147. The molecule has 1 aliphatic carbocycles. The van der Waals surface area contributed by atoms with Crippen LogP contribution in [0.4, 0.5) is 5.82 Å². The molecule has 2 bridgehead atoms. The normalized spacial score (nSPS) is 13.5. The molecule has 0 atom stereocenters. The summed E-state index contributed by atoms with van der Waals surface area (Å²) in [4.78, 5) is 21.9.